The van der Waals surface area contributed by atoms with Crippen LogP contribution >= 0.6 is 0 Å². The Morgan fingerprint density at radius 2 is 1.82 bits per heavy atom. The number of aromatic nitrogens is 2. The molecule has 0 spiro atoms. The Bertz CT molecular complexity index is 547. The molecule has 1 aromatic heterocycles. The van der Waals surface area contributed by atoms with Gasteiger partial charge in [-0.3, -0.25) is 0 Å². The largest absolute Gasteiger partial charge is 0.342 e. The van der Waals surface area contributed by atoms with Crippen molar-refractivity contribution in [2.45, 2.75) is 39.0 Å². The zero-order valence-electron chi connectivity index (χ0n) is 10.5. The van der Waals surface area contributed by atoms with Gasteiger partial charge in [0.05, 0.1) is 11.0 Å². The number of aromatic amines is 1. The molecule has 2 aromatic rings. The molecule has 0 amide bonds. The molecule has 2 saturated carbocycles. The molecule has 88 valence electrons. The first-order valence-corrected chi connectivity index (χ1v) is 6.71. The number of aryl methyl sites for hydroxylation is 2. The predicted octanol–water partition coefficient (Wildman–Crippen LogP) is 3.69. The van der Waals surface area contributed by atoms with Gasteiger partial charge in [0.1, 0.15) is 5.82 Å². The first kappa shape index (κ1) is 9.69. The Balaban J connectivity index is 1.78. The van der Waals surface area contributed by atoms with E-state index in [4.69, 9.17) is 4.98 Å². The Kier molecular flexibility index (Phi) is 1.78. The first-order valence-electron chi connectivity index (χ1n) is 6.71. The molecule has 1 heterocycles. The van der Waals surface area contributed by atoms with E-state index in [9.17, 15) is 0 Å². The summed E-state index contributed by atoms with van der Waals surface area (Å²) >= 11 is 0. The lowest BCUT2D eigenvalue weighted by Crippen LogP contribution is -1.89. The van der Waals surface area contributed by atoms with E-state index >= 15 is 0 Å². The maximum absolute atomic E-state index is 4.80. The van der Waals surface area contributed by atoms with Crippen molar-refractivity contribution in [2.24, 2.45) is 11.8 Å². The predicted molar refractivity (Wildman–Crippen MR) is 69.1 cm³/mol. The van der Waals surface area contributed by atoms with E-state index in [0.717, 1.165) is 23.3 Å². The molecule has 0 saturated heterocycles. The summed E-state index contributed by atoms with van der Waals surface area (Å²) in [4.78, 5) is 8.35. The lowest BCUT2D eigenvalue weighted by Gasteiger charge is -1.97. The van der Waals surface area contributed by atoms with Gasteiger partial charge < -0.3 is 4.98 Å². The monoisotopic (exact) mass is 226 g/mol. The quantitative estimate of drug-likeness (QED) is 0.789. The Morgan fingerprint density at radius 1 is 1.12 bits per heavy atom. The van der Waals surface area contributed by atoms with Gasteiger partial charge in [-0.2, -0.15) is 0 Å². The summed E-state index contributed by atoms with van der Waals surface area (Å²) in [5, 5.41) is 0. The number of imidazole rings is 1. The zero-order valence-corrected chi connectivity index (χ0v) is 10.5. The summed E-state index contributed by atoms with van der Waals surface area (Å²) in [5.41, 5.74) is 5.05. The smallest absolute Gasteiger partial charge is 0.110 e. The molecule has 0 radical (unpaired) electrons. The second-order valence-corrected chi connectivity index (χ2v) is 5.86. The van der Waals surface area contributed by atoms with Gasteiger partial charge >= 0.3 is 0 Å². The number of hydrogen-bond acceptors (Lipinski definition) is 1. The fourth-order valence-corrected chi connectivity index (χ4v) is 3.67. The van der Waals surface area contributed by atoms with Gasteiger partial charge in [-0.05, 0) is 61.8 Å². The van der Waals surface area contributed by atoms with Crippen LogP contribution in [0.2, 0.25) is 0 Å². The standard InChI is InChI=1S/C15H18N2/c1-8-6-12-13(7-9(8)2)17-15(16-12)14-10-4-3-5-11(10)14/h6-7,10-11,14H,3-5H2,1-2H3,(H,16,17). The molecule has 2 aliphatic rings. The van der Waals surface area contributed by atoms with Crippen molar-refractivity contribution in [3.05, 3.63) is 29.1 Å². The number of rotatable bonds is 1. The number of nitrogens with one attached hydrogen (secondary N) is 1. The SMILES string of the molecule is Cc1cc2nc(C3C4CCCC43)[nH]c2cc1C. The molecule has 2 heteroatoms. The van der Waals surface area contributed by atoms with Gasteiger partial charge in [-0.25, -0.2) is 4.98 Å². The van der Waals surface area contributed by atoms with Crippen LogP contribution in [0.1, 0.15) is 42.1 Å². The molecular weight excluding hydrogens is 208 g/mol. The maximum Gasteiger partial charge on any atom is 0.110 e. The fourth-order valence-electron chi connectivity index (χ4n) is 3.67. The van der Waals surface area contributed by atoms with E-state index in [1.807, 2.05) is 0 Å². The molecule has 17 heavy (non-hydrogen) atoms. The number of fused-ring (bicyclic) bond motifs is 2. The number of H-pyrrole nitrogens is 1. The van der Waals surface area contributed by atoms with E-state index in [0.29, 0.717) is 0 Å². The van der Waals surface area contributed by atoms with Crippen LogP contribution in [0, 0.1) is 25.7 Å². The van der Waals surface area contributed by atoms with Gasteiger partial charge in [0.25, 0.3) is 0 Å². The summed E-state index contributed by atoms with van der Waals surface area (Å²) in [6.07, 6.45) is 4.28. The molecule has 2 nitrogen and oxygen atoms in total. The molecule has 0 bridgehead atoms. The Hall–Kier alpha value is -1.31. The maximum atomic E-state index is 4.80. The van der Waals surface area contributed by atoms with Crippen molar-refractivity contribution in [1.29, 1.82) is 0 Å². The normalized spacial score (nSPS) is 30.8. The van der Waals surface area contributed by atoms with Gasteiger partial charge in [0.2, 0.25) is 0 Å². The summed E-state index contributed by atoms with van der Waals surface area (Å²) in [7, 11) is 0. The van der Waals surface area contributed by atoms with Crippen LogP contribution < -0.4 is 0 Å². The minimum absolute atomic E-state index is 0.747. The van der Waals surface area contributed by atoms with Crippen LogP contribution in [0.4, 0.5) is 0 Å². The van der Waals surface area contributed by atoms with E-state index in [1.54, 1.807) is 0 Å². The minimum Gasteiger partial charge on any atom is -0.342 e. The zero-order chi connectivity index (χ0) is 11.6. The van der Waals surface area contributed by atoms with Gasteiger partial charge in [-0.1, -0.05) is 6.42 Å². The molecule has 2 atom stereocenters. The number of nitrogens with zero attached hydrogens (tertiary/aromatic N) is 1. The average Bonchev–Trinajstić information content (AvgIpc) is 2.68. The lowest BCUT2D eigenvalue weighted by molar-refractivity contribution is 0.664. The van der Waals surface area contributed by atoms with Crippen molar-refractivity contribution in [3.63, 3.8) is 0 Å². The number of benzene rings is 1. The van der Waals surface area contributed by atoms with E-state index < -0.39 is 0 Å². The molecule has 0 aliphatic heterocycles. The molecule has 1 aromatic carbocycles. The highest BCUT2D eigenvalue weighted by Gasteiger charge is 2.54. The molecule has 2 aliphatic carbocycles. The van der Waals surface area contributed by atoms with Crippen molar-refractivity contribution >= 4 is 11.0 Å². The minimum atomic E-state index is 0.747. The highest BCUT2D eigenvalue weighted by atomic mass is 15.0. The molecular formula is C15H18N2. The fraction of sp³-hybridized carbons (Fsp3) is 0.533. The molecule has 2 unspecified atom stereocenters. The summed E-state index contributed by atoms with van der Waals surface area (Å²) < 4.78 is 0. The average molecular weight is 226 g/mol. The van der Waals surface area contributed by atoms with Gasteiger partial charge in [-0.15, -0.1) is 0 Å². The second kappa shape index (κ2) is 3.12. The molecule has 1 N–H and O–H groups in total. The number of hydrogen-bond donors (Lipinski definition) is 1. The summed E-state index contributed by atoms with van der Waals surface area (Å²) in [6.45, 7) is 4.33. The van der Waals surface area contributed by atoms with Crippen LogP contribution in [0.15, 0.2) is 12.1 Å². The van der Waals surface area contributed by atoms with E-state index in [2.05, 4.69) is 31.0 Å². The van der Waals surface area contributed by atoms with Crippen LogP contribution in [0.25, 0.3) is 11.0 Å². The van der Waals surface area contributed by atoms with Gasteiger partial charge in [0.15, 0.2) is 0 Å². The van der Waals surface area contributed by atoms with Crippen molar-refractivity contribution in [1.82, 2.24) is 9.97 Å². The van der Waals surface area contributed by atoms with Gasteiger partial charge in [0, 0.05) is 5.92 Å². The second-order valence-electron chi connectivity index (χ2n) is 5.86. The third kappa shape index (κ3) is 1.30. The molecule has 2 fully saturated rings. The van der Waals surface area contributed by atoms with Crippen LogP contribution in [0.3, 0.4) is 0 Å². The summed E-state index contributed by atoms with van der Waals surface area (Å²) in [5.74, 6) is 3.88. The topological polar surface area (TPSA) is 28.7 Å². The van der Waals surface area contributed by atoms with Crippen molar-refractivity contribution in [3.8, 4) is 0 Å². The Labute approximate surface area is 101 Å². The third-order valence-electron chi connectivity index (χ3n) is 4.84. The van der Waals surface area contributed by atoms with Crippen LogP contribution in [0.5, 0.6) is 0 Å². The van der Waals surface area contributed by atoms with Crippen molar-refractivity contribution in [2.75, 3.05) is 0 Å². The third-order valence-corrected chi connectivity index (χ3v) is 4.84. The highest BCUT2D eigenvalue weighted by molar-refractivity contribution is 5.77. The summed E-state index contributed by atoms with van der Waals surface area (Å²) in [6, 6.07) is 4.45. The van der Waals surface area contributed by atoms with E-state index in [-0.39, 0.29) is 0 Å². The molecule has 4 rings (SSSR count). The van der Waals surface area contributed by atoms with E-state index in [1.165, 1.54) is 41.7 Å². The Morgan fingerprint density at radius 3 is 2.59 bits per heavy atom. The lowest BCUT2D eigenvalue weighted by atomic mass is 10.1. The van der Waals surface area contributed by atoms with Crippen molar-refractivity contribution < 1.29 is 0 Å². The van der Waals surface area contributed by atoms with Crippen LogP contribution in [-0.2, 0) is 0 Å². The first-order chi connectivity index (χ1) is 8.24. The highest BCUT2D eigenvalue weighted by Crippen LogP contribution is 2.62. The van der Waals surface area contributed by atoms with Crippen LogP contribution in [-0.4, -0.2) is 9.97 Å².